The summed E-state index contributed by atoms with van der Waals surface area (Å²) in [7, 11) is 0. The summed E-state index contributed by atoms with van der Waals surface area (Å²) in [6.07, 6.45) is 2.00. The third kappa shape index (κ3) is 2.70. The van der Waals surface area contributed by atoms with Crippen molar-refractivity contribution in [2.45, 2.75) is 32.9 Å². The number of halogens is 1. The average molecular weight is 250 g/mol. The topological polar surface area (TPSA) is 46.3 Å². The first-order chi connectivity index (χ1) is 8.61. The van der Waals surface area contributed by atoms with Gasteiger partial charge in [0.05, 0.1) is 0 Å². The summed E-state index contributed by atoms with van der Waals surface area (Å²) in [6, 6.07) is 4.90. The van der Waals surface area contributed by atoms with Gasteiger partial charge in [0.2, 0.25) is 5.91 Å². The fourth-order valence-corrected chi connectivity index (χ4v) is 2.39. The first kappa shape index (κ1) is 13.0. The Balaban J connectivity index is 2.11. The molecular weight excluding hydrogens is 231 g/mol. The highest BCUT2D eigenvalue weighted by atomic mass is 19.1. The number of hydrogen-bond acceptors (Lipinski definition) is 2. The van der Waals surface area contributed by atoms with Crippen molar-refractivity contribution in [1.82, 2.24) is 4.90 Å². The smallest absolute Gasteiger partial charge is 0.225 e. The predicted molar refractivity (Wildman–Crippen MR) is 68.1 cm³/mol. The Labute approximate surface area is 107 Å². The molecule has 0 saturated carbocycles. The number of piperidine rings is 1. The Hall–Kier alpha value is -1.42. The first-order valence-electron chi connectivity index (χ1n) is 6.38. The minimum atomic E-state index is -0.278. The molecule has 1 aromatic rings. The molecule has 1 amide bonds. The van der Waals surface area contributed by atoms with Crippen molar-refractivity contribution in [1.29, 1.82) is 0 Å². The Morgan fingerprint density at radius 1 is 1.50 bits per heavy atom. The maximum absolute atomic E-state index is 13.3. The minimum Gasteiger partial charge on any atom is -0.338 e. The third-order valence-corrected chi connectivity index (χ3v) is 3.50. The number of amides is 1. The molecule has 1 unspecified atom stereocenters. The second-order valence-corrected chi connectivity index (χ2v) is 4.93. The van der Waals surface area contributed by atoms with Crippen LogP contribution in [0, 0.1) is 11.7 Å². The number of rotatable bonds is 3. The molecule has 18 heavy (non-hydrogen) atoms. The van der Waals surface area contributed by atoms with Gasteiger partial charge in [-0.3, -0.25) is 4.79 Å². The molecule has 0 bridgehead atoms. The molecule has 0 aromatic heterocycles. The van der Waals surface area contributed by atoms with Gasteiger partial charge in [-0.2, -0.15) is 0 Å². The van der Waals surface area contributed by atoms with Crippen LogP contribution >= 0.6 is 0 Å². The van der Waals surface area contributed by atoms with E-state index in [0.29, 0.717) is 12.1 Å². The highest BCUT2D eigenvalue weighted by molar-refractivity contribution is 5.79. The van der Waals surface area contributed by atoms with Gasteiger partial charge in [0.15, 0.2) is 0 Å². The first-order valence-corrected chi connectivity index (χ1v) is 6.38. The van der Waals surface area contributed by atoms with Crippen molar-refractivity contribution in [3.63, 3.8) is 0 Å². The van der Waals surface area contributed by atoms with Crippen molar-refractivity contribution in [2.24, 2.45) is 11.7 Å². The third-order valence-electron chi connectivity index (χ3n) is 3.50. The summed E-state index contributed by atoms with van der Waals surface area (Å²) < 4.78 is 13.3. The van der Waals surface area contributed by atoms with Crippen LogP contribution in [0.1, 0.15) is 30.9 Å². The summed E-state index contributed by atoms with van der Waals surface area (Å²) in [5.41, 5.74) is 6.93. The maximum Gasteiger partial charge on any atom is 0.225 e. The van der Waals surface area contributed by atoms with Crippen LogP contribution < -0.4 is 5.73 Å². The van der Waals surface area contributed by atoms with Crippen molar-refractivity contribution in [3.05, 3.63) is 35.1 Å². The lowest BCUT2D eigenvalue weighted by molar-refractivity contribution is -0.138. The number of nitrogens with two attached hydrogens (primary N) is 1. The maximum atomic E-state index is 13.3. The van der Waals surface area contributed by atoms with Gasteiger partial charge in [-0.1, -0.05) is 13.0 Å². The van der Waals surface area contributed by atoms with E-state index in [1.807, 2.05) is 11.8 Å². The van der Waals surface area contributed by atoms with Gasteiger partial charge in [-0.05, 0) is 30.5 Å². The van der Waals surface area contributed by atoms with E-state index in [2.05, 4.69) is 0 Å². The molecule has 1 aromatic carbocycles. The zero-order valence-electron chi connectivity index (χ0n) is 10.7. The van der Waals surface area contributed by atoms with E-state index in [1.165, 1.54) is 6.07 Å². The number of nitrogens with zero attached hydrogens (tertiary/aromatic N) is 1. The lowest BCUT2D eigenvalue weighted by Gasteiger charge is -2.30. The van der Waals surface area contributed by atoms with E-state index in [0.717, 1.165) is 24.9 Å². The largest absolute Gasteiger partial charge is 0.338 e. The molecule has 1 atom stereocenters. The Morgan fingerprint density at radius 3 is 3.00 bits per heavy atom. The van der Waals surface area contributed by atoms with Crippen LogP contribution in [0.2, 0.25) is 0 Å². The number of likely N-dealkylation sites (tertiary alicyclic amines) is 1. The average Bonchev–Trinajstić information content (AvgIpc) is 2.37. The van der Waals surface area contributed by atoms with Crippen LogP contribution in [0.4, 0.5) is 4.39 Å². The van der Waals surface area contributed by atoms with Gasteiger partial charge < -0.3 is 10.6 Å². The van der Waals surface area contributed by atoms with E-state index >= 15 is 0 Å². The van der Waals surface area contributed by atoms with Crippen LogP contribution in [0.3, 0.4) is 0 Å². The van der Waals surface area contributed by atoms with Gasteiger partial charge in [-0.25, -0.2) is 4.39 Å². The summed E-state index contributed by atoms with van der Waals surface area (Å²) in [4.78, 5) is 13.8. The Kier molecular flexibility index (Phi) is 3.97. The molecule has 4 heteroatoms. The van der Waals surface area contributed by atoms with Crippen molar-refractivity contribution in [2.75, 3.05) is 6.54 Å². The normalized spacial score (nSPS) is 20.3. The molecule has 2 rings (SSSR count). The zero-order chi connectivity index (χ0) is 13.1. The molecule has 0 aliphatic carbocycles. The second kappa shape index (κ2) is 5.48. The van der Waals surface area contributed by atoms with E-state index < -0.39 is 0 Å². The van der Waals surface area contributed by atoms with E-state index in [4.69, 9.17) is 5.73 Å². The highest BCUT2D eigenvalue weighted by Gasteiger charge is 2.24. The standard InChI is InChI=1S/C14H19FN2O/c1-10-3-2-6-17(14(10)18)9-11-4-5-13(15)12(7-11)8-16/h4-5,7,10H,2-3,6,8-9,16H2,1H3. The molecule has 98 valence electrons. The second-order valence-electron chi connectivity index (χ2n) is 4.93. The van der Waals surface area contributed by atoms with Gasteiger partial charge >= 0.3 is 0 Å². The van der Waals surface area contributed by atoms with Gasteiger partial charge in [0.25, 0.3) is 0 Å². The molecule has 3 nitrogen and oxygen atoms in total. The number of carbonyl (C=O) groups excluding carboxylic acids is 1. The molecule has 0 spiro atoms. The Morgan fingerprint density at radius 2 is 2.28 bits per heavy atom. The molecule has 1 aliphatic heterocycles. The van der Waals surface area contributed by atoms with Gasteiger partial charge in [0, 0.05) is 31.1 Å². The molecule has 2 N–H and O–H groups in total. The zero-order valence-corrected chi connectivity index (χ0v) is 10.7. The van der Waals surface area contributed by atoms with Crippen molar-refractivity contribution >= 4 is 5.91 Å². The fourth-order valence-electron chi connectivity index (χ4n) is 2.39. The lowest BCUT2D eigenvalue weighted by Crippen LogP contribution is -2.39. The van der Waals surface area contributed by atoms with E-state index in [-0.39, 0.29) is 24.2 Å². The highest BCUT2D eigenvalue weighted by Crippen LogP contribution is 2.20. The number of benzene rings is 1. The van der Waals surface area contributed by atoms with E-state index in [9.17, 15) is 9.18 Å². The molecule has 1 aliphatic rings. The predicted octanol–water partition coefficient (Wildman–Crippen LogP) is 2.04. The SMILES string of the molecule is CC1CCCN(Cc2ccc(F)c(CN)c2)C1=O. The summed E-state index contributed by atoms with van der Waals surface area (Å²) >= 11 is 0. The van der Waals surface area contributed by atoms with Crippen molar-refractivity contribution in [3.8, 4) is 0 Å². The summed E-state index contributed by atoms with van der Waals surface area (Å²) in [6.45, 7) is 3.49. The van der Waals surface area contributed by atoms with E-state index in [1.54, 1.807) is 12.1 Å². The number of carbonyl (C=O) groups is 1. The van der Waals surface area contributed by atoms with Crippen LogP contribution in [0.25, 0.3) is 0 Å². The van der Waals surface area contributed by atoms with Gasteiger partial charge in [0.1, 0.15) is 5.82 Å². The molecule has 1 heterocycles. The number of hydrogen-bond donors (Lipinski definition) is 1. The fraction of sp³-hybridized carbons (Fsp3) is 0.500. The van der Waals surface area contributed by atoms with Crippen LogP contribution in [-0.4, -0.2) is 17.4 Å². The van der Waals surface area contributed by atoms with Crippen molar-refractivity contribution < 1.29 is 9.18 Å². The monoisotopic (exact) mass is 250 g/mol. The molecule has 1 fully saturated rings. The Bertz CT molecular complexity index is 447. The molecule has 0 radical (unpaired) electrons. The van der Waals surface area contributed by atoms with Gasteiger partial charge in [-0.15, -0.1) is 0 Å². The molecular formula is C14H19FN2O. The molecule has 1 saturated heterocycles. The summed E-state index contributed by atoms with van der Waals surface area (Å²) in [5.74, 6) is 0.0210. The summed E-state index contributed by atoms with van der Waals surface area (Å²) in [5, 5.41) is 0. The quantitative estimate of drug-likeness (QED) is 0.892. The van der Waals surface area contributed by atoms with Crippen LogP contribution in [-0.2, 0) is 17.9 Å². The lowest BCUT2D eigenvalue weighted by atomic mass is 9.98. The van der Waals surface area contributed by atoms with Crippen LogP contribution in [0.15, 0.2) is 18.2 Å². The minimum absolute atomic E-state index is 0.105. The van der Waals surface area contributed by atoms with Crippen LogP contribution in [0.5, 0.6) is 0 Å².